The van der Waals surface area contributed by atoms with E-state index in [9.17, 15) is 13.2 Å². The summed E-state index contributed by atoms with van der Waals surface area (Å²) in [5, 5.41) is 9.45. The van der Waals surface area contributed by atoms with Crippen molar-refractivity contribution in [1.29, 1.82) is 0 Å². The molecule has 4 aromatic rings. The van der Waals surface area contributed by atoms with Crippen LogP contribution in [0.25, 0.3) is 10.8 Å². The highest BCUT2D eigenvalue weighted by Gasteiger charge is 2.59. The average molecular weight is 551 g/mol. The number of amides is 1. The Hall–Kier alpha value is -3.20. The van der Waals surface area contributed by atoms with Crippen LogP contribution in [-0.4, -0.2) is 24.1 Å². The van der Waals surface area contributed by atoms with Crippen molar-refractivity contribution in [2.45, 2.75) is 38.1 Å². The number of hydrogen-bond donors (Lipinski definition) is 2. The largest absolute Gasteiger partial charge is 0.326 e. The molecule has 7 nitrogen and oxygen atoms in total. The number of halogens is 1. The van der Waals surface area contributed by atoms with Crippen molar-refractivity contribution in [2.75, 3.05) is 5.32 Å². The Morgan fingerprint density at radius 1 is 1.08 bits per heavy atom. The van der Waals surface area contributed by atoms with Crippen LogP contribution in [0, 0.1) is 24.2 Å². The molecule has 9 heteroatoms. The monoisotopic (exact) mass is 550 g/mol. The molecule has 0 aliphatic heterocycles. The zero-order valence-electron chi connectivity index (χ0n) is 21.8. The predicted molar refractivity (Wildman–Crippen MR) is 150 cm³/mol. The zero-order valence-corrected chi connectivity index (χ0v) is 23.3. The van der Waals surface area contributed by atoms with E-state index in [1.807, 2.05) is 86.6 Å². The summed E-state index contributed by atoms with van der Waals surface area (Å²) >= 11 is 6.32. The molecular formula is C29H31ClN4O3S. The van der Waals surface area contributed by atoms with Gasteiger partial charge in [-0.1, -0.05) is 86.1 Å². The van der Waals surface area contributed by atoms with Gasteiger partial charge in [-0.15, -0.1) is 0 Å². The van der Waals surface area contributed by atoms with Crippen LogP contribution in [0.4, 0.5) is 5.69 Å². The quantitative estimate of drug-likeness (QED) is 0.287. The number of carbonyl (C=O) groups excluding carboxylic acids is 1. The van der Waals surface area contributed by atoms with Gasteiger partial charge < -0.3 is 5.32 Å². The Morgan fingerprint density at radius 3 is 2.39 bits per heavy atom. The van der Waals surface area contributed by atoms with E-state index in [1.54, 1.807) is 14.0 Å². The Labute approximate surface area is 228 Å². The maximum atomic E-state index is 13.6. The predicted octanol–water partition coefficient (Wildman–Crippen LogP) is 5.86. The second kappa shape index (κ2) is 9.84. The van der Waals surface area contributed by atoms with Gasteiger partial charge in [0.15, 0.2) is 0 Å². The van der Waals surface area contributed by atoms with Crippen LogP contribution in [0.1, 0.15) is 37.6 Å². The molecule has 0 radical (unpaired) electrons. The lowest BCUT2D eigenvalue weighted by molar-refractivity contribution is -0.120. The van der Waals surface area contributed by atoms with Gasteiger partial charge in [0.1, 0.15) is 10.0 Å². The van der Waals surface area contributed by atoms with Crippen molar-refractivity contribution in [3.63, 3.8) is 0 Å². The topological polar surface area (TPSA) is 93.1 Å². The molecule has 1 aliphatic rings. The van der Waals surface area contributed by atoms with Crippen molar-refractivity contribution in [3.8, 4) is 0 Å². The van der Waals surface area contributed by atoms with E-state index in [-0.39, 0.29) is 27.8 Å². The fraction of sp³-hybridized carbons (Fsp3) is 0.310. The molecule has 3 aromatic carbocycles. The Balaban J connectivity index is 1.39. The minimum absolute atomic E-state index is 0.0227. The van der Waals surface area contributed by atoms with Crippen LogP contribution in [0.3, 0.4) is 0 Å². The lowest BCUT2D eigenvalue weighted by atomic mass is 9.86. The summed E-state index contributed by atoms with van der Waals surface area (Å²) in [6.45, 7) is 5.57. The second-order valence-corrected chi connectivity index (χ2v) is 12.5. The Kier molecular flexibility index (Phi) is 6.84. The maximum Gasteiger partial charge on any atom is 0.246 e. The van der Waals surface area contributed by atoms with E-state index in [1.165, 1.54) is 4.68 Å². The van der Waals surface area contributed by atoms with Gasteiger partial charge in [0.2, 0.25) is 15.9 Å². The molecule has 1 amide bonds. The van der Waals surface area contributed by atoms with Crippen molar-refractivity contribution < 1.29 is 13.2 Å². The number of carbonyl (C=O) groups is 1. The first-order valence-electron chi connectivity index (χ1n) is 12.6. The van der Waals surface area contributed by atoms with Crippen molar-refractivity contribution in [1.82, 2.24) is 14.5 Å². The molecule has 198 valence electrons. The normalized spacial score (nSPS) is 20.7. The summed E-state index contributed by atoms with van der Waals surface area (Å²) in [7, 11) is -2.39. The second-order valence-electron chi connectivity index (χ2n) is 10.5. The molecular weight excluding hydrogens is 520 g/mol. The molecule has 1 saturated carbocycles. The van der Waals surface area contributed by atoms with E-state index in [4.69, 9.17) is 11.6 Å². The molecule has 5 rings (SSSR count). The molecule has 2 N–H and O–H groups in total. The van der Waals surface area contributed by atoms with Gasteiger partial charge in [0.25, 0.3) is 0 Å². The van der Waals surface area contributed by atoms with Gasteiger partial charge >= 0.3 is 0 Å². The first-order valence-corrected chi connectivity index (χ1v) is 14.4. The third kappa shape index (κ3) is 4.84. The molecule has 0 saturated heterocycles. The first kappa shape index (κ1) is 26.4. The first-order chi connectivity index (χ1) is 18.0. The number of rotatable bonds is 8. The number of anilines is 1. The summed E-state index contributed by atoms with van der Waals surface area (Å²) in [6, 6.07) is 22.8. The fourth-order valence-electron chi connectivity index (χ4n) is 5.56. The van der Waals surface area contributed by atoms with Gasteiger partial charge in [-0.05, 0) is 53.1 Å². The van der Waals surface area contributed by atoms with Crippen LogP contribution < -0.4 is 10.0 Å². The summed E-state index contributed by atoms with van der Waals surface area (Å²) < 4.78 is 31.4. The summed E-state index contributed by atoms with van der Waals surface area (Å²) in [6.07, 6.45) is 0.696. The number of nitrogens with zero attached hydrogens (tertiary/aromatic N) is 2. The highest BCUT2D eigenvalue weighted by atomic mass is 35.5. The summed E-state index contributed by atoms with van der Waals surface area (Å²) in [5.41, 5.74) is 1.43. The van der Waals surface area contributed by atoms with Gasteiger partial charge in [-0.3, -0.25) is 9.48 Å². The van der Waals surface area contributed by atoms with E-state index < -0.39 is 21.5 Å². The molecule has 1 aromatic heterocycles. The number of benzene rings is 3. The van der Waals surface area contributed by atoms with Crippen LogP contribution in [-0.2, 0) is 21.9 Å². The van der Waals surface area contributed by atoms with Crippen molar-refractivity contribution >= 4 is 44.0 Å². The minimum Gasteiger partial charge on any atom is -0.326 e. The molecule has 1 aliphatic carbocycles. The Morgan fingerprint density at radius 2 is 1.74 bits per heavy atom. The molecule has 1 fully saturated rings. The third-order valence-electron chi connectivity index (χ3n) is 7.81. The van der Waals surface area contributed by atoms with E-state index in [0.717, 1.165) is 22.0 Å². The zero-order chi connectivity index (χ0) is 27.2. The van der Waals surface area contributed by atoms with Crippen molar-refractivity contribution in [3.05, 3.63) is 89.2 Å². The SMILES string of the molecule is Cc1nn(C)c(Cl)c1S(=O)(=O)NC(c1ccccc1)[C@]1(C)CC1C(C)C(=O)Nc1ccc2ccccc2c1. The van der Waals surface area contributed by atoms with Gasteiger partial charge in [-0.2, -0.15) is 5.10 Å². The lowest BCUT2D eigenvalue weighted by Crippen LogP contribution is -2.36. The lowest BCUT2D eigenvalue weighted by Gasteiger charge is -2.28. The van der Waals surface area contributed by atoms with Crippen LogP contribution in [0.15, 0.2) is 77.7 Å². The third-order valence-corrected chi connectivity index (χ3v) is 9.93. The molecule has 3 unspecified atom stereocenters. The van der Waals surface area contributed by atoms with Crippen LogP contribution in [0.2, 0.25) is 5.15 Å². The number of nitrogens with one attached hydrogen (secondary N) is 2. The fourth-order valence-corrected chi connectivity index (χ4v) is 7.66. The summed E-state index contributed by atoms with van der Waals surface area (Å²) in [4.78, 5) is 13.3. The van der Waals surface area contributed by atoms with E-state index in [2.05, 4.69) is 15.1 Å². The van der Waals surface area contributed by atoms with E-state index >= 15 is 0 Å². The van der Waals surface area contributed by atoms with E-state index in [0.29, 0.717) is 12.1 Å². The van der Waals surface area contributed by atoms with Crippen LogP contribution in [0.5, 0.6) is 0 Å². The summed E-state index contributed by atoms with van der Waals surface area (Å²) in [5.74, 6) is -0.443. The number of sulfonamides is 1. The van der Waals surface area contributed by atoms with Gasteiger partial charge in [0.05, 0.1) is 11.7 Å². The molecule has 0 bridgehead atoms. The molecule has 1 heterocycles. The Bertz CT molecular complexity index is 1620. The maximum absolute atomic E-state index is 13.6. The molecule has 38 heavy (non-hydrogen) atoms. The number of fused-ring (bicyclic) bond motifs is 1. The highest BCUT2D eigenvalue weighted by molar-refractivity contribution is 7.89. The minimum atomic E-state index is -4.00. The van der Waals surface area contributed by atoms with Crippen LogP contribution >= 0.6 is 11.6 Å². The number of hydrogen-bond acceptors (Lipinski definition) is 4. The number of aromatic nitrogens is 2. The smallest absolute Gasteiger partial charge is 0.246 e. The molecule has 4 atom stereocenters. The van der Waals surface area contributed by atoms with Gasteiger partial charge in [-0.25, -0.2) is 13.1 Å². The average Bonchev–Trinajstić information content (AvgIpc) is 3.51. The van der Waals surface area contributed by atoms with Crippen molar-refractivity contribution in [2.24, 2.45) is 24.3 Å². The standard InChI is InChI=1S/C29H31ClN4O3S/c1-18(28(35)31-23-15-14-20-10-8-9-13-22(20)16-23)24-17-29(24,3)26(21-11-6-5-7-12-21)33-38(36,37)25-19(2)32-34(4)27(25)30/h5-16,18,24,26,33H,17H2,1-4H3,(H,31,35)/t18?,24?,26?,29-/m1/s1. The highest BCUT2D eigenvalue weighted by Crippen LogP contribution is 2.63. The van der Waals surface area contributed by atoms with Gasteiger partial charge in [0, 0.05) is 18.7 Å². The molecule has 0 spiro atoms. The number of aryl methyl sites for hydroxylation is 2.